The molecule has 0 aliphatic carbocycles. The molecule has 0 bridgehead atoms. The summed E-state index contributed by atoms with van der Waals surface area (Å²) in [7, 11) is -3.60. The summed E-state index contributed by atoms with van der Waals surface area (Å²) in [4.78, 5) is 12.3. The van der Waals surface area contributed by atoms with E-state index in [4.69, 9.17) is 13.9 Å². The van der Waals surface area contributed by atoms with Gasteiger partial charge in [0.2, 0.25) is 10.0 Å². The zero-order chi connectivity index (χ0) is 25.6. The van der Waals surface area contributed by atoms with Gasteiger partial charge in [-0.15, -0.1) is 0 Å². The lowest BCUT2D eigenvalue weighted by atomic mass is 10.0. The van der Waals surface area contributed by atoms with Crippen LogP contribution in [0.25, 0.3) is 22.3 Å². The van der Waals surface area contributed by atoms with Crippen LogP contribution in [0.4, 0.5) is 10.1 Å². The molecule has 1 N–H and O–H groups in total. The molecule has 0 radical (unpaired) electrons. The highest BCUT2D eigenvalue weighted by Gasteiger charge is 2.30. The first-order valence-electron chi connectivity index (χ1n) is 11.1. The number of carbonyl (C=O) groups is 1. The minimum atomic E-state index is -3.60. The Morgan fingerprint density at radius 2 is 1.72 bits per heavy atom. The normalized spacial score (nSPS) is 16.0. The summed E-state index contributed by atoms with van der Waals surface area (Å²) in [6.07, 6.45) is 0.669. The van der Waals surface area contributed by atoms with Crippen molar-refractivity contribution in [3.05, 3.63) is 77.6 Å². The molecular formula is C26H22FNO7S. The molecule has 186 valence electrons. The summed E-state index contributed by atoms with van der Waals surface area (Å²) >= 11 is 0. The first-order valence-corrected chi connectivity index (χ1v) is 12.9. The molecule has 0 fully saturated rings. The molecule has 1 unspecified atom stereocenters. The van der Waals surface area contributed by atoms with Crippen LogP contribution in [-0.4, -0.2) is 38.9 Å². The predicted octanol–water partition coefficient (Wildman–Crippen LogP) is 5.59. The molecule has 3 aromatic carbocycles. The van der Waals surface area contributed by atoms with E-state index < -0.39 is 22.1 Å². The Labute approximate surface area is 206 Å². The second kappa shape index (κ2) is 8.96. The molecule has 8 nitrogen and oxygen atoms in total. The fourth-order valence-corrected chi connectivity index (χ4v) is 5.21. The van der Waals surface area contributed by atoms with Gasteiger partial charge in [-0.2, -0.15) is 0 Å². The number of nitrogens with zero attached hydrogens (tertiary/aromatic N) is 1. The summed E-state index contributed by atoms with van der Waals surface area (Å²) in [6.45, 7) is 2.13. The number of rotatable bonds is 5. The number of furan rings is 1. The molecule has 2 heterocycles. The number of sulfonamides is 1. The number of aromatic carboxylic acids is 1. The summed E-state index contributed by atoms with van der Waals surface area (Å²) in [6, 6.07) is 15.4. The fraction of sp³-hybridized carbons (Fsp3) is 0.192. The third kappa shape index (κ3) is 4.40. The van der Waals surface area contributed by atoms with Crippen molar-refractivity contribution in [1.29, 1.82) is 0 Å². The van der Waals surface area contributed by atoms with Gasteiger partial charge in [0.25, 0.3) is 0 Å². The van der Waals surface area contributed by atoms with Gasteiger partial charge >= 0.3 is 5.97 Å². The van der Waals surface area contributed by atoms with E-state index in [1.807, 2.05) is 0 Å². The lowest BCUT2D eigenvalue weighted by molar-refractivity contribution is 0.0698. The first-order chi connectivity index (χ1) is 17.1. The van der Waals surface area contributed by atoms with Crippen molar-refractivity contribution in [2.75, 3.05) is 23.7 Å². The summed E-state index contributed by atoms with van der Waals surface area (Å²) < 4.78 is 56.7. The topological polar surface area (TPSA) is 106 Å². The van der Waals surface area contributed by atoms with Gasteiger partial charge in [0, 0.05) is 22.6 Å². The van der Waals surface area contributed by atoms with Crippen LogP contribution in [0, 0.1) is 5.82 Å². The van der Waals surface area contributed by atoms with Crippen LogP contribution in [-0.2, 0) is 14.8 Å². The van der Waals surface area contributed by atoms with Crippen molar-refractivity contribution >= 4 is 32.6 Å². The zero-order valence-electron chi connectivity index (χ0n) is 19.4. The molecule has 1 aromatic heterocycles. The van der Waals surface area contributed by atoms with Gasteiger partial charge in [-0.25, -0.2) is 17.6 Å². The summed E-state index contributed by atoms with van der Waals surface area (Å²) in [5.41, 5.74) is 1.66. The fourth-order valence-electron chi connectivity index (χ4n) is 4.29. The van der Waals surface area contributed by atoms with Crippen LogP contribution in [0.5, 0.6) is 11.5 Å². The maximum Gasteiger partial charge on any atom is 0.340 e. The van der Waals surface area contributed by atoms with E-state index >= 15 is 0 Å². The van der Waals surface area contributed by atoms with Crippen LogP contribution in [0.3, 0.4) is 0 Å². The van der Waals surface area contributed by atoms with Crippen LogP contribution >= 0.6 is 0 Å². The maximum atomic E-state index is 13.1. The molecule has 10 heteroatoms. The van der Waals surface area contributed by atoms with Gasteiger partial charge in [0.05, 0.1) is 31.2 Å². The highest BCUT2D eigenvalue weighted by Crippen LogP contribution is 2.41. The van der Waals surface area contributed by atoms with Crippen molar-refractivity contribution in [3.63, 3.8) is 0 Å². The van der Waals surface area contributed by atoms with Crippen LogP contribution in [0.15, 0.2) is 65.1 Å². The second-order valence-corrected chi connectivity index (χ2v) is 10.4. The van der Waals surface area contributed by atoms with E-state index in [0.29, 0.717) is 33.7 Å². The number of carboxylic acid groups (broad SMARTS) is 1. The van der Waals surface area contributed by atoms with Crippen molar-refractivity contribution in [2.45, 2.75) is 13.0 Å². The number of hydrogen-bond donors (Lipinski definition) is 1. The van der Waals surface area contributed by atoms with E-state index in [-0.39, 0.29) is 35.9 Å². The first kappa shape index (κ1) is 23.8. The molecule has 4 aromatic rings. The van der Waals surface area contributed by atoms with Gasteiger partial charge in [0.1, 0.15) is 34.2 Å². The molecule has 0 saturated heterocycles. The summed E-state index contributed by atoms with van der Waals surface area (Å²) in [5, 5.41) is 10.4. The molecule has 36 heavy (non-hydrogen) atoms. The van der Waals surface area contributed by atoms with Gasteiger partial charge in [0.15, 0.2) is 0 Å². The number of ether oxygens (including phenoxy) is 2. The number of anilines is 1. The van der Waals surface area contributed by atoms with E-state index in [2.05, 4.69) is 0 Å². The van der Waals surface area contributed by atoms with Crippen molar-refractivity contribution in [1.82, 2.24) is 0 Å². The Morgan fingerprint density at radius 3 is 2.33 bits per heavy atom. The average Bonchev–Trinajstić information content (AvgIpc) is 3.12. The Kier molecular flexibility index (Phi) is 5.93. The molecule has 1 aliphatic rings. The lowest BCUT2D eigenvalue weighted by Crippen LogP contribution is -2.32. The van der Waals surface area contributed by atoms with Gasteiger partial charge < -0.3 is 19.0 Å². The van der Waals surface area contributed by atoms with Gasteiger partial charge in [-0.3, -0.25) is 4.31 Å². The third-order valence-corrected chi connectivity index (χ3v) is 7.17. The molecule has 1 atom stereocenters. The number of benzene rings is 3. The number of halogens is 1. The summed E-state index contributed by atoms with van der Waals surface area (Å²) in [5.74, 6) is -0.503. The molecule has 0 spiro atoms. The maximum absolute atomic E-state index is 13.1. The molecule has 1 aliphatic heterocycles. The number of hydrogen-bond acceptors (Lipinski definition) is 6. The minimum Gasteiger partial charge on any atom is -0.478 e. The molecule has 0 saturated carbocycles. The molecule has 5 rings (SSSR count). The quantitative estimate of drug-likeness (QED) is 0.372. The van der Waals surface area contributed by atoms with E-state index in [9.17, 15) is 22.7 Å². The van der Waals surface area contributed by atoms with E-state index in [1.54, 1.807) is 43.3 Å². The van der Waals surface area contributed by atoms with E-state index in [0.717, 1.165) is 6.26 Å². The third-order valence-electron chi connectivity index (χ3n) is 5.99. The monoisotopic (exact) mass is 511 g/mol. The van der Waals surface area contributed by atoms with Gasteiger partial charge in [-0.05, 0) is 61.5 Å². The Balaban J connectivity index is 1.59. The number of fused-ring (bicyclic) bond motifs is 2. The molecular weight excluding hydrogens is 489 g/mol. The SMILES string of the molecule is CC1OCCN(S(C)(=O)=O)c2cc3oc(-c4ccc(Oc5ccc(F)cc5)cc4)c(C(=O)O)c3cc21. The minimum absolute atomic E-state index is 0.0395. The zero-order valence-corrected chi connectivity index (χ0v) is 20.2. The Morgan fingerprint density at radius 1 is 1.08 bits per heavy atom. The van der Waals surface area contributed by atoms with Crippen molar-refractivity contribution in [2.24, 2.45) is 0 Å². The number of carboxylic acids is 1. The standard InChI is InChI=1S/C26H22FNO7S/c1-15-20-13-21-23(14-22(20)28(11-12-33-15)36(2,31)32)35-25(24(21)26(29)30)16-3-7-18(8-4-16)34-19-9-5-17(27)6-10-19/h3-10,13-15H,11-12H2,1-2H3,(H,29,30). The average molecular weight is 512 g/mol. The van der Waals surface area contributed by atoms with Crippen LogP contribution in [0.2, 0.25) is 0 Å². The highest BCUT2D eigenvalue weighted by atomic mass is 32.2. The van der Waals surface area contributed by atoms with E-state index in [1.165, 1.54) is 28.6 Å². The largest absolute Gasteiger partial charge is 0.478 e. The Bertz CT molecular complexity index is 1560. The van der Waals surface area contributed by atoms with Crippen LogP contribution < -0.4 is 9.04 Å². The lowest BCUT2D eigenvalue weighted by Gasteiger charge is -2.22. The van der Waals surface area contributed by atoms with Crippen molar-refractivity contribution < 1.29 is 36.6 Å². The van der Waals surface area contributed by atoms with Crippen molar-refractivity contribution in [3.8, 4) is 22.8 Å². The second-order valence-electron chi connectivity index (χ2n) is 8.45. The highest BCUT2D eigenvalue weighted by molar-refractivity contribution is 7.92. The smallest absolute Gasteiger partial charge is 0.340 e. The van der Waals surface area contributed by atoms with Crippen LogP contribution in [0.1, 0.15) is 28.9 Å². The molecule has 0 amide bonds. The van der Waals surface area contributed by atoms with Gasteiger partial charge in [-0.1, -0.05) is 0 Å². The predicted molar refractivity (Wildman–Crippen MR) is 132 cm³/mol. The Hall–Kier alpha value is -3.89.